The first-order chi connectivity index (χ1) is 18.5. The van der Waals surface area contributed by atoms with E-state index in [1.54, 1.807) is 0 Å². The molecule has 0 saturated heterocycles. The van der Waals surface area contributed by atoms with Gasteiger partial charge >= 0.3 is 0 Å². The molecule has 200 valence electrons. The highest BCUT2D eigenvalue weighted by molar-refractivity contribution is 5.84. The zero-order valence-electron chi connectivity index (χ0n) is 23.0. The van der Waals surface area contributed by atoms with Gasteiger partial charge in [-0.3, -0.25) is 9.97 Å². The predicted octanol–water partition coefficient (Wildman–Crippen LogP) is 5.90. The Bertz CT molecular complexity index is 1330. The molecule has 7 heteroatoms. The number of nitrogens with zero attached hydrogens (tertiary/aromatic N) is 6. The third-order valence-electron chi connectivity index (χ3n) is 7.39. The summed E-state index contributed by atoms with van der Waals surface area (Å²) < 4.78 is 0. The van der Waals surface area contributed by atoms with E-state index in [4.69, 9.17) is 9.98 Å². The van der Waals surface area contributed by atoms with Crippen LogP contribution in [0.3, 0.4) is 0 Å². The van der Waals surface area contributed by atoms with E-state index in [1.807, 2.05) is 48.8 Å². The number of benzene rings is 2. The lowest BCUT2D eigenvalue weighted by molar-refractivity contribution is 0.366. The van der Waals surface area contributed by atoms with Crippen LogP contribution in [0.5, 0.6) is 0 Å². The molecule has 2 atom stereocenters. The molecule has 2 aromatic carbocycles. The number of fused-ring (bicyclic) bond motifs is 2. The molecule has 4 aromatic rings. The maximum atomic E-state index is 4.71. The molecule has 4 heterocycles. The van der Waals surface area contributed by atoms with Gasteiger partial charge in [0.25, 0.3) is 0 Å². The van der Waals surface area contributed by atoms with E-state index in [9.17, 15) is 0 Å². The maximum Gasteiger partial charge on any atom is 0.102 e. The number of rotatable bonds is 2. The van der Waals surface area contributed by atoms with Crippen molar-refractivity contribution in [1.29, 1.82) is 0 Å². The van der Waals surface area contributed by atoms with Crippen molar-refractivity contribution in [3.63, 3.8) is 0 Å². The summed E-state index contributed by atoms with van der Waals surface area (Å²) in [7, 11) is 4.17. The van der Waals surface area contributed by atoms with Crippen LogP contribution in [-0.4, -0.2) is 51.0 Å². The zero-order valence-corrected chi connectivity index (χ0v) is 23.0. The lowest BCUT2D eigenvalue weighted by Gasteiger charge is -2.27. The molecule has 7 nitrogen and oxygen atoms in total. The van der Waals surface area contributed by atoms with Crippen LogP contribution in [-0.2, 0) is 12.8 Å². The van der Waals surface area contributed by atoms with Crippen LogP contribution >= 0.6 is 0 Å². The van der Waals surface area contributed by atoms with Gasteiger partial charge in [0.05, 0.1) is 34.8 Å². The van der Waals surface area contributed by atoms with E-state index in [1.165, 1.54) is 11.1 Å². The topological polar surface area (TPSA) is 88.5 Å². The number of aliphatic imine (C=N–C) groups is 2. The first-order valence-electron chi connectivity index (χ1n) is 13.0. The second kappa shape index (κ2) is 12.5. The number of aromatic nitrogens is 2. The average Bonchev–Trinajstić information content (AvgIpc) is 3.17. The van der Waals surface area contributed by atoms with Crippen LogP contribution in [0, 0.1) is 0 Å². The third-order valence-corrected chi connectivity index (χ3v) is 7.39. The molecule has 2 aliphatic heterocycles. The van der Waals surface area contributed by atoms with Gasteiger partial charge in [0, 0.05) is 39.3 Å². The third kappa shape index (κ3) is 6.21. The quantitative estimate of drug-likeness (QED) is 0.329. The van der Waals surface area contributed by atoms with Gasteiger partial charge in [-0.15, -0.1) is 0 Å². The fourth-order valence-electron chi connectivity index (χ4n) is 4.99. The van der Waals surface area contributed by atoms with Crippen LogP contribution in [0.2, 0.25) is 0 Å². The van der Waals surface area contributed by atoms with E-state index in [-0.39, 0.29) is 17.6 Å². The van der Waals surface area contributed by atoms with Crippen molar-refractivity contribution in [2.45, 2.75) is 38.8 Å². The second-order valence-electron chi connectivity index (χ2n) is 9.75. The van der Waals surface area contributed by atoms with Crippen molar-refractivity contribution in [3.8, 4) is 0 Å². The van der Waals surface area contributed by atoms with Crippen molar-refractivity contribution in [3.05, 3.63) is 120 Å². The van der Waals surface area contributed by atoms with E-state index < -0.39 is 0 Å². The molecule has 0 amide bonds. The molecule has 0 radical (unpaired) electrons. The summed E-state index contributed by atoms with van der Waals surface area (Å²) in [5.41, 5.74) is 6.90. The molecule has 2 N–H and O–H groups in total. The van der Waals surface area contributed by atoms with Crippen molar-refractivity contribution in [2.24, 2.45) is 9.98 Å². The van der Waals surface area contributed by atoms with E-state index in [0.29, 0.717) is 0 Å². The molecule has 39 heavy (non-hydrogen) atoms. The highest BCUT2D eigenvalue weighted by atomic mass is 16.0. The number of amidine groups is 2. The number of para-hydroxylation sites is 2. The fraction of sp³-hybridized carbons (Fsp3) is 0.250. The first-order valence-corrected chi connectivity index (χ1v) is 13.0. The molecule has 0 saturated carbocycles. The SMILES string of the molecule is CC1=Nc2ccccc2CC(c2ccccn2)N1C.CC1=Nc2ccccc2CC(c2ccccn2)N1C.O. The standard InChI is InChI=1S/2C16H17N3.H2O/c2*1-12-18-14-8-4-3-7-13(14)11-16(19(12)2)15-9-5-6-10-17-15;/h2*3-10,16H,11H2,1-2H3;1H2. The van der Waals surface area contributed by atoms with E-state index in [0.717, 1.165) is 47.3 Å². The Balaban J connectivity index is 0.000000176. The first kappa shape index (κ1) is 27.7. The minimum atomic E-state index is 0. The van der Waals surface area contributed by atoms with Crippen molar-refractivity contribution < 1.29 is 5.48 Å². The van der Waals surface area contributed by atoms with Gasteiger partial charge in [-0.2, -0.15) is 0 Å². The van der Waals surface area contributed by atoms with Crippen LogP contribution in [0.1, 0.15) is 48.4 Å². The Labute approximate surface area is 230 Å². The molecule has 2 unspecified atom stereocenters. The van der Waals surface area contributed by atoms with Crippen LogP contribution in [0.15, 0.2) is 107 Å². The molecule has 2 aliphatic rings. The summed E-state index contributed by atoms with van der Waals surface area (Å²) in [6.07, 6.45) is 5.58. The second-order valence-corrected chi connectivity index (χ2v) is 9.75. The van der Waals surface area contributed by atoms with Gasteiger partial charge < -0.3 is 15.3 Å². The lowest BCUT2D eigenvalue weighted by Crippen LogP contribution is -2.30. The Hall–Kier alpha value is -4.36. The highest BCUT2D eigenvalue weighted by Gasteiger charge is 2.25. The van der Waals surface area contributed by atoms with Gasteiger partial charge in [-0.1, -0.05) is 48.5 Å². The Morgan fingerprint density at radius 2 is 0.949 bits per heavy atom. The van der Waals surface area contributed by atoms with Gasteiger partial charge in [-0.05, 0) is 61.4 Å². The number of likely N-dealkylation sites (N-methyl/N-ethyl adjacent to an activating group) is 2. The summed E-state index contributed by atoms with van der Waals surface area (Å²) >= 11 is 0. The molecular formula is C32H36N6O. The number of pyridine rings is 2. The Kier molecular flexibility index (Phi) is 8.84. The van der Waals surface area contributed by atoms with Crippen LogP contribution in [0.25, 0.3) is 0 Å². The summed E-state index contributed by atoms with van der Waals surface area (Å²) in [6.45, 7) is 4.11. The molecular weight excluding hydrogens is 484 g/mol. The molecule has 0 bridgehead atoms. The summed E-state index contributed by atoms with van der Waals surface area (Å²) in [4.78, 5) is 22.9. The van der Waals surface area contributed by atoms with Crippen molar-refractivity contribution in [1.82, 2.24) is 19.8 Å². The van der Waals surface area contributed by atoms with E-state index >= 15 is 0 Å². The van der Waals surface area contributed by atoms with Crippen molar-refractivity contribution >= 4 is 23.0 Å². The van der Waals surface area contributed by atoms with Crippen LogP contribution in [0.4, 0.5) is 11.4 Å². The van der Waals surface area contributed by atoms with Gasteiger partial charge in [0.2, 0.25) is 0 Å². The van der Waals surface area contributed by atoms with Gasteiger partial charge in [0.1, 0.15) is 11.7 Å². The zero-order chi connectivity index (χ0) is 26.5. The average molecular weight is 521 g/mol. The molecule has 2 aromatic heterocycles. The predicted molar refractivity (Wildman–Crippen MR) is 159 cm³/mol. The van der Waals surface area contributed by atoms with Gasteiger partial charge in [0.15, 0.2) is 0 Å². The minimum Gasteiger partial charge on any atom is -0.412 e. The summed E-state index contributed by atoms with van der Waals surface area (Å²) in [5, 5.41) is 0. The number of hydrogen-bond donors (Lipinski definition) is 0. The maximum absolute atomic E-state index is 4.71. The molecule has 0 fully saturated rings. The number of hydrogen-bond acceptors (Lipinski definition) is 6. The molecule has 0 spiro atoms. The summed E-state index contributed by atoms with van der Waals surface area (Å²) in [5.74, 6) is 2.06. The van der Waals surface area contributed by atoms with Crippen molar-refractivity contribution in [2.75, 3.05) is 14.1 Å². The fourth-order valence-corrected chi connectivity index (χ4v) is 4.99. The molecule has 0 aliphatic carbocycles. The smallest absolute Gasteiger partial charge is 0.102 e. The minimum absolute atomic E-state index is 0. The largest absolute Gasteiger partial charge is 0.412 e. The lowest BCUT2D eigenvalue weighted by atomic mass is 10.0. The molecule has 6 rings (SSSR count). The van der Waals surface area contributed by atoms with E-state index in [2.05, 4.69) is 96.2 Å². The Morgan fingerprint density at radius 1 is 0.564 bits per heavy atom. The highest BCUT2D eigenvalue weighted by Crippen LogP contribution is 2.33. The Morgan fingerprint density at radius 3 is 1.33 bits per heavy atom. The summed E-state index contributed by atoms with van der Waals surface area (Å²) in [6, 6.07) is 29.3. The normalized spacial score (nSPS) is 18.1. The van der Waals surface area contributed by atoms with Crippen LogP contribution < -0.4 is 0 Å². The monoisotopic (exact) mass is 520 g/mol. The van der Waals surface area contributed by atoms with Gasteiger partial charge in [-0.25, -0.2) is 9.98 Å².